The van der Waals surface area contributed by atoms with Gasteiger partial charge >= 0.3 is 0 Å². The van der Waals surface area contributed by atoms with Gasteiger partial charge in [-0.1, -0.05) is 91.0 Å². The van der Waals surface area contributed by atoms with Crippen molar-refractivity contribution >= 4 is 32.7 Å². The van der Waals surface area contributed by atoms with Gasteiger partial charge < -0.3 is 9.15 Å². The molecule has 172 valence electrons. The fraction of sp³-hybridized carbons (Fsp3) is 0.0286. The first-order chi connectivity index (χ1) is 18.3. The number of fused-ring (bicyclic) bond motifs is 14. The molecule has 0 atom stereocenters. The minimum absolute atomic E-state index is 0.507. The molecule has 0 bridgehead atoms. The van der Waals surface area contributed by atoms with E-state index >= 15 is 0 Å². The molecule has 1 spiro atoms. The summed E-state index contributed by atoms with van der Waals surface area (Å²) in [6, 6.07) is 43.3. The normalized spacial score (nSPS) is 14.4. The number of rotatable bonds is 0. The van der Waals surface area contributed by atoms with E-state index in [1.165, 1.54) is 44.2 Å². The van der Waals surface area contributed by atoms with Crippen molar-refractivity contribution in [1.82, 2.24) is 0 Å². The van der Waals surface area contributed by atoms with Crippen LogP contribution in [0.5, 0.6) is 11.5 Å². The Labute approximate surface area is 213 Å². The Kier molecular flexibility index (Phi) is 3.50. The molecule has 2 heteroatoms. The molecule has 2 heterocycles. The monoisotopic (exact) mass is 472 g/mol. The Morgan fingerprint density at radius 2 is 1.14 bits per heavy atom. The number of hydrogen-bond acceptors (Lipinski definition) is 2. The highest BCUT2D eigenvalue weighted by molar-refractivity contribution is 6.11. The average Bonchev–Trinajstić information content (AvgIpc) is 3.46. The Bertz CT molecular complexity index is 2030. The van der Waals surface area contributed by atoms with E-state index in [0.717, 1.165) is 33.4 Å². The maximum Gasteiger partial charge on any atom is 0.135 e. The summed E-state index contributed by atoms with van der Waals surface area (Å²) in [6.07, 6.45) is 0. The molecule has 2 aliphatic rings. The number of para-hydroxylation sites is 3. The van der Waals surface area contributed by atoms with Crippen molar-refractivity contribution in [3.63, 3.8) is 0 Å². The summed E-state index contributed by atoms with van der Waals surface area (Å²) in [5.74, 6) is 1.80. The zero-order valence-corrected chi connectivity index (χ0v) is 19.9. The van der Waals surface area contributed by atoms with Crippen LogP contribution in [0, 0.1) is 0 Å². The lowest BCUT2D eigenvalue weighted by Crippen LogP contribution is -2.32. The lowest BCUT2D eigenvalue weighted by molar-refractivity contribution is 0.436. The predicted octanol–water partition coefficient (Wildman–Crippen LogP) is 9.21. The third kappa shape index (κ3) is 2.27. The molecule has 0 N–H and O–H groups in total. The lowest BCUT2D eigenvalue weighted by Gasteiger charge is -2.39. The zero-order chi connectivity index (χ0) is 24.1. The van der Waals surface area contributed by atoms with E-state index in [-0.39, 0.29) is 0 Å². The van der Waals surface area contributed by atoms with Gasteiger partial charge in [-0.2, -0.15) is 0 Å². The smallest absolute Gasteiger partial charge is 0.135 e. The zero-order valence-electron chi connectivity index (χ0n) is 19.9. The highest BCUT2D eigenvalue weighted by atomic mass is 16.5. The van der Waals surface area contributed by atoms with E-state index in [2.05, 4.69) is 115 Å². The van der Waals surface area contributed by atoms with E-state index in [1.807, 2.05) is 6.07 Å². The Morgan fingerprint density at radius 1 is 0.459 bits per heavy atom. The van der Waals surface area contributed by atoms with E-state index in [0.29, 0.717) is 0 Å². The average molecular weight is 473 g/mol. The fourth-order valence-electron chi connectivity index (χ4n) is 6.88. The van der Waals surface area contributed by atoms with Gasteiger partial charge in [0, 0.05) is 21.9 Å². The molecule has 0 saturated heterocycles. The summed E-state index contributed by atoms with van der Waals surface area (Å²) in [4.78, 5) is 0. The van der Waals surface area contributed by atoms with Crippen LogP contribution in [0.1, 0.15) is 22.3 Å². The van der Waals surface area contributed by atoms with Crippen molar-refractivity contribution in [2.75, 3.05) is 0 Å². The summed E-state index contributed by atoms with van der Waals surface area (Å²) in [5.41, 5.74) is 8.75. The van der Waals surface area contributed by atoms with E-state index in [4.69, 9.17) is 9.15 Å². The van der Waals surface area contributed by atoms with Crippen LogP contribution in [-0.4, -0.2) is 0 Å². The maximum absolute atomic E-state index is 6.49. The molecular weight excluding hydrogens is 452 g/mol. The Balaban J connectivity index is 1.55. The molecule has 1 aliphatic heterocycles. The molecular formula is C35H20O2. The van der Waals surface area contributed by atoms with Gasteiger partial charge in [-0.05, 0) is 63.4 Å². The largest absolute Gasteiger partial charge is 0.457 e. The van der Waals surface area contributed by atoms with Crippen molar-refractivity contribution in [2.24, 2.45) is 0 Å². The van der Waals surface area contributed by atoms with Crippen LogP contribution in [0.15, 0.2) is 126 Å². The minimum Gasteiger partial charge on any atom is -0.457 e. The summed E-state index contributed by atoms with van der Waals surface area (Å²) in [5, 5.41) is 4.82. The second kappa shape index (κ2) is 6.68. The second-order valence-electron chi connectivity index (χ2n) is 10.0. The maximum atomic E-state index is 6.49. The number of furan rings is 1. The van der Waals surface area contributed by atoms with Gasteiger partial charge in [-0.25, -0.2) is 0 Å². The van der Waals surface area contributed by atoms with Gasteiger partial charge in [-0.15, -0.1) is 0 Å². The van der Waals surface area contributed by atoms with Crippen LogP contribution in [-0.2, 0) is 5.41 Å². The summed E-state index contributed by atoms with van der Waals surface area (Å²) in [6.45, 7) is 0. The summed E-state index contributed by atoms with van der Waals surface area (Å²) in [7, 11) is 0. The van der Waals surface area contributed by atoms with Gasteiger partial charge in [0.25, 0.3) is 0 Å². The highest BCUT2D eigenvalue weighted by Gasteiger charge is 2.51. The number of benzene rings is 6. The van der Waals surface area contributed by atoms with Crippen molar-refractivity contribution < 1.29 is 9.15 Å². The van der Waals surface area contributed by atoms with Crippen LogP contribution in [0.4, 0.5) is 0 Å². The van der Waals surface area contributed by atoms with Crippen LogP contribution in [0.2, 0.25) is 0 Å². The van der Waals surface area contributed by atoms with Gasteiger partial charge in [0.1, 0.15) is 22.7 Å². The molecule has 1 aromatic heterocycles. The molecule has 7 aromatic rings. The van der Waals surface area contributed by atoms with Gasteiger partial charge in [0.2, 0.25) is 0 Å². The highest BCUT2D eigenvalue weighted by Crippen LogP contribution is 2.63. The topological polar surface area (TPSA) is 22.4 Å². The first kappa shape index (κ1) is 19.4. The molecule has 9 rings (SSSR count). The van der Waals surface area contributed by atoms with Gasteiger partial charge in [0.05, 0.1) is 5.41 Å². The van der Waals surface area contributed by atoms with Crippen molar-refractivity contribution in [3.8, 4) is 22.6 Å². The molecule has 0 unspecified atom stereocenters. The van der Waals surface area contributed by atoms with Crippen molar-refractivity contribution in [1.29, 1.82) is 0 Å². The van der Waals surface area contributed by atoms with Crippen molar-refractivity contribution in [2.45, 2.75) is 5.41 Å². The third-order valence-electron chi connectivity index (χ3n) is 8.33. The fourth-order valence-corrected chi connectivity index (χ4v) is 6.88. The first-order valence-electron chi connectivity index (χ1n) is 12.7. The molecule has 0 amide bonds. The Morgan fingerprint density at radius 3 is 1.95 bits per heavy atom. The Hall–Kier alpha value is -4.82. The van der Waals surface area contributed by atoms with Crippen molar-refractivity contribution in [3.05, 3.63) is 144 Å². The van der Waals surface area contributed by atoms with Crippen LogP contribution >= 0.6 is 0 Å². The summed E-state index contributed by atoms with van der Waals surface area (Å²) >= 11 is 0. The molecule has 37 heavy (non-hydrogen) atoms. The SMILES string of the molecule is c1ccc2c(c1)Oc1ccccc1C21c2cc3oc4ccccc4c3cc2-c2c1ccc1ccccc21. The first-order valence-corrected chi connectivity index (χ1v) is 12.7. The van der Waals surface area contributed by atoms with Gasteiger partial charge in [-0.3, -0.25) is 0 Å². The van der Waals surface area contributed by atoms with E-state index < -0.39 is 5.41 Å². The van der Waals surface area contributed by atoms with Crippen LogP contribution in [0.25, 0.3) is 43.8 Å². The molecule has 1 aliphatic carbocycles. The number of ether oxygens (including phenoxy) is 1. The second-order valence-corrected chi connectivity index (χ2v) is 10.0. The quantitative estimate of drug-likeness (QED) is 0.219. The minimum atomic E-state index is -0.507. The third-order valence-corrected chi connectivity index (χ3v) is 8.33. The predicted molar refractivity (Wildman–Crippen MR) is 149 cm³/mol. The molecule has 6 aromatic carbocycles. The standard InChI is InChI=1S/C35H20O2/c1-2-10-22-21(9-1)17-18-28-34(22)25-19-24-23-11-3-6-14-30(23)36-33(24)20-29(25)35(28)26-12-4-7-15-31(26)37-32-16-8-5-13-27(32)35/h1-20H. The molecule has 0 saturated carbocycles. The van der Waals surface area contributed by atoms with Crippen LogP contribution < -0.4 is 4.74 Å². The number of hydrogen-bond donors (Lipinski definition) is 0. The summed E-state index contributed by atoms with van der Waals surface area (Å²) < 4.78 is 12.9. The molecule has 0 radical (unpaired) electrons. The van der Waals surface area contributed by atoms with E-state index in [1.54, 1.807) is 0 Å². The lowest BCUT2D eigenvalue weighted by atomic mass is 9.66. The van der Waals surface area contributed by atoms with Gasteiger partial charge in [0.15, 0.2) is 0 Å². The van der Waals surface area contributed by atoms with Crippen LogP contribution in [0.3, 0.4) is 0 Å². The molecule has 2 nitrogen and oxygen atoms in total. The molecule has 0 fully saturated rings. The van der Waals surface area contributed by atoms with E-state index in [9.17, 15) is 0 Å².